The van der Waals surface area contributed by atoms with E-state index < -0.39 is 55.1 Å². The molecule has 35 heavy (non-hydrogen) atoms. The van der Waals surface area contributed by atoms with Crippen LogP contribution in [-0.2, 0) is 19.0 Å². The van der Waals surface area contributed by atoms with Gasteiger partial charge in [-0.3, -0.25) is 4.79 Å². The van der Waals surface area contributed by atoms with Gasteiger partial charge in [-0.2, -0.15) is 0 Å². The van der Waals surface area contributed by atoms with Crippen LogP contribution < -0.4 is 0 Å². The van der Waals surface area contributed by atoms with Crippen molar-refractivity contribution < 1.29 is 59.5 Å². The molecule has 12 heteroatoms. The van der Waals surface area contributed by atoms with Crippen molar-refractivity contribution in [3.05, 3.63) is 47.2 Å². The largest absolute Gasteiger partial charge is 0.571 e. The number of esters is 1. The Hall–Kier alpha value is -3.71. The van der Waals surface area contributed by atoms with Gasteiger partial charge in [0.15, 0.2) is 17.3 Å². The molecule has 0 bridgehead atoms. The minimum Gasteiger partial charge on any atom is -0.571 e. The molecule has 2 aromatic rings. The van der Waals surface area contributed by atoms with Gasteiger partial charge >= 0.3 is 5.97 Å². The number of ether oxygens (including phenoxy) is 4. The summed E-state index contributed by atoms with van der Waals surface area (Å²) in [5.74, 6) is -1.81. The summed E-state index contributed by atoms with van der Waals surface area (Å²) in [6, 6.07) is 6.31. The van der Waals surface area contributed by atoms with E-state index in [1.807, 2.05) is 0 Å². The number of aliphatic hydroxyl groups is 4. The van der Waals surface area contributed by atoms with E-state index in [-0.39, 0.29) is 34.3 Å². The maximum atomic E-state index is 11.2. The predicted octanol–water partition coefficient (Wildman–Crippen LogP) is 0.233. The Morgan fingerprint density at radius 2 is 1.71 bits per heavy atom. The number of aromatic hydroxyl groups is 5. The van der Waals surface area contributed by atoms with Crippen molar-refractivity contribution >= 4 is 12.0 Å². The monoisotopic (exact) mass is 493 g/mol. The maximum Gasteiger partial charge on any atom is 0.302 e. The van der Waals surface area contributed by atoms with Crippen LogP contribution in [0.3, 0.4) is 0 Å². The average molecular weight is 493 g/mol. The van der Waals surface area contributed by atoms with Gasteiger partial charge in [-0.15, -0.1) is 0 Å². The normalized spacial score (nSPS) is 27.8. The first-order valence-corrected chi connectivity index (χ1v) is 10.5. The maximum absolute atomic E-state index is 11.2. The zero-order chi connectivity index (χ0) is 25.4. The molecule has 4 rings (SSSR count). The summed E-state index contributed by atoms with van der Waals surface area (Å²) in [5.41, 5.74) is 0.516. The number of fused-ring (bicyclic) bond motifs is 1. The number of carbonyl (C=O) groups excluding carboxylic acids is 1. The van der Waals surface area contributed by atoms with Crippen molar-refractivity contribution in [2.24, 2.45) is 0 Å². The third-order valence-electron chi connectivity index (χ3n) is 5.63. The molecule has 1 fully saturated rings. The number of aliphatic hydroxyl groups excluding tert-OH is 3. The molecule has 188 valence electrons. The third kappa shape index (κ3) is 4.91. The number of phenols is 4. The van der Waals surface area contributed by atoms with Crippen LogP contribution in [0, 0.1) is 0 Å². The number of phenolic OH excluding ortho intramolecular Hbond substituents is 4. The van der Waals surface area contributed by atoms with Crippen LogP contribution in [0.25, 0.3) is 6.08 Å². The number of hydrogen-bond donors (Lipinski definition) is 7. The Balaban J connectivity index is 1.69. The van der Waals surface area contributed by atoms with Gasteiger partial charge in [-0.05, 0) is 18.2 Å². The molecule has 1 saturated heterocycles. The van der Waals surface area contributed by atoms with E-state index in [4.69, 9.17) is 14.2 Å². The summed E-state index contributed by atoms with van der Waals surface area (Å²) in [7, 11) is 0. The molecular weight excluding hydrogens is 468 g/mol. The van der Waals surface area contributed by atoms with Gasteiger partial charge in [0, 0.05) is 19.1 Å². The van der Waals surface area contributed by atoms with E-state index in [1.165, 1.54) is 30.3 Å². The first-order chi connectivity index (χ1) is 16.5. The lowest BCUT2D eigenvalue weighted by atomic mass is 9.98. The van der Waals surface area contributed by atoms with Crippen LogP contribution in [0.4, 0.5) is 0 Å². The molecule has 0 aliphatic carbocycles. The minimum absolute atomic E-state index is 0.00227. The van der Waals surface area contributed by atoms with Gasteiger partial charge in [-0.25, -0.2) is 0 Å². The lowest BCUT2D eigenvalue weighted by Gasteiger charge is -2.40. The molecule has 2 aliphatic rings. The summed E-state index contributed by atoms with van der Waals surface area (Å²) >= 11 is 0. The quantitative estimate of drug-likeness (QED) is 0.171. The van der Waals surface area contributed by atoms with Crippen molar-refractivity contribution in [2.45, 2.75) is 43.7 Å². The second-order valence-corrected chi connectivity index (χ2v) is 8.16. The summed E-state index contributed by atoms with van der Waals surface area (Å²) in [4.78, 5) is 11.2. The van der Waals surface area contributed by atoms with Crippen molar-refractivity contribution in [2.75, 3.05) is 6.61 Å². The van der Waals surface area contributed by atoms with Crippen molar-refractivity contribution in [1.29, 1.82) is 0 Å². The molecular formula is C23H25O12+. The van der Waals surface area contributed by atoms with Crippen LogP contribution in [0.5, 0.6) is 28.7 Å². The van der Waals surface area contributed by atoms with E-state index in [1.54, 1.807) is 0 Å². The highest BCUT2D eigenvalue weighted by Gasteiger charge is 2.47. The topological polar surface area (TPSA) is 199 Å². The first kappa shape index (κ1) is 24.4. The summed E-state index contributed by atoms with van der Waals surface area (Å²) in [6.45, 7) is 0.740. The van der Waals surface area contributed by atoms with E-state index in [0.29, 0.717) is 5.56 Å². The highest BCUT2D eigenvalue weighted by Crippen LogP contribution is 2.46. The fourth-order valence-electron chi connectivity index (χ4n) is 3.82. The molecule has 0 radical (unpaired) electrons. The molecule has 0 saturated carbocycles. The highest BCUT2D eigenvalue weighted by molar-refractivity contribution is 5.69. The SMILES string of the molecule is CC(=O)OCC1OC(OC2=Cc3c(O)cc(O)cc3[OH+]C2c2ccc(O)c(O)c2)C(O)C(O)C1O. The molecule has 12 nitrogen and oxygen atoms in total. The average Bonchev–Trinajstić information content (AvgIpc) is 2.80. The Bertz CT molecular complexity index is 1150. The van der Waals surface area contributed by atoms with Crippen molar-refractivity contribution in [3.8, 4) is 28.7 Å². The van der Waals surface area contributed by atoms with Crippen LogP contribution in [0.2, 0.25) is 0 Å². The molecule has 6 unspecified atom stereocenters. The van der Waals surface area contributed by atoms with Crippen LogP contribution >= 0.6 is 0 Å². The van der Waals surface area contributed by atoms with Crippen molar-refractivity contribution in [3.63, 3.8) is 0 Å². The van der Waals surface area contributed by atoms with E-state index in [9.17, 15) is 40.5 Å². The Morgan fingerprint density at radius 3 is 2.40 bits per heavy atom. The van der Waals surface area contributed by atoms with Gasteiger partial charge in [0.25, 0.3) is 11.9 Å². The molecule has 2 aromatic carbocycles. The zero-order valence-corrected chi connectivity index (χ0v) is 18.3. The summed E-state index contributed by atoms with van der Waals surface area (Å²) in [5, 5.41) is 70.8. The van der Waals surface area contributed by atoms with E-state index in [2.05, 4.69) is 4.74 Å². The number of rotatable bonds is 5. The Morgan fingerprint density at radius 1 is 0.971 bits per heavy atom. The summed E-state index contributed by atoms with van der Waals surface area (Å²) in [6.07, 6.45) is -7.40. The third-order valence-corrected chi connectivity index (χ3v) is 5.63. The van der Waals surface area contributed by atoms with Gasteiger partial charge in [0.05, 0.1) is 11.6 Å². The smallest absolute Gasteiger partial charge is 0.302 e. The Labute approximate surface area is 198 Å². The highest BCUT2D eigenvalue weighted by atomic mass is 16.7. The number of carbonyl (C=O) groups is 1. The molecule has 2 aliphatic heterocycles. The summed E-state index contributed by atoms with van der Waals surface area (Å²) < 4.78 is 20.7. The lowest BCUT2D eigenvalue weighted by molar-refractivity contribution is -0.296. The predicted molar refractivity (Wildman–Crippen MR) is 116 cm³/mol. The fourth-order valence-corrected chi connectivity index (χ4v) is 3.82. The molecule has 2 heterocycles. The van der Waals surface area contributed by atoms with Crippen LogP contribution in [-0.4, -0.2) is 83.8 Å². The van der Waals surface area contributed by atoms with Gasteiger partial charge in [0.2, 0.25) is 6.29 Å². The van der Waals surface area contributed by atoms with Crippen LogP contribution in [0.1, 0.15) is 24.2 Å². The zero-order valence-electron chi connectivity index (χ0n) is 18.3. The van der Waals surface area contributed by atoms with Gasteiger partial charge in [0.1, 0.15) is 48.1 Å². The van der Waals surface area contributed by atoms with E-state index >= 15 is 0 Å². The second-order valence-electron chi connectivity index (χ2n) is 8.16. The molecule has 8 N–H and O–H groups in total. The second kappa shape index (κ2) is 9.50. The standard InChI is InChI=1S/C23H24O12/c1-9(24)32-8-18-19(29)20(30)21(31)23(35-18)34-17-7-12-14(27)5-11(25)6-16(12)33-22(17)10-2-3-13(26)15(28)4-10/h2-7,18-23,25-31H,8H2,1H3/p+1. The van der Waals surface area contributed by atoms with E-state index in [0.717, 1.165) is 13.0 Å². The lowest BCUT2D eigenvalue weighted by Crippen LogP contribution is -2.59. The van der Waals surface area contributed by atoms with Crippen LogP contribution in [0.15, 0.2) is 36.1 Å². The minimum atomic E-state index is -1.72. The first-order valence-electron chi connectivity index (χ1n) is 10.5. The molecule has 0 aromatic heterocycles. The number of hydrogen-bond acceptors (Lipinski definition) is 11. The molecule has 0 spiro atoms. The molecule has 0 amide bonds. The van der Waals surface area contributed by atoms with Gasteiger partial charge < -0.3 is 54.7 Å². The fraction of sp³-hybridized carbons (Fsp3) is 0.348. The number of benzene rings is 2. The van der Waals surface area contributed by atoms with Gasteiger partial charge in [-0.1, -0.05) is 0 Å². The molecule has 6 atom stereocenters. The van der Waals surface area contributed by atoms with Crippen molar-refractivity contribution in [1.82, 2.24) is 0 Å². The Kier molecular flexibility index (Phi) is 6.63.